The van der Waals surface area contributed by atoms with Gasteiger partial charge in [-0.05, 0) is 58.3 Å². The molecule has 2 aliphatic carbocycles. The molecule has 2 aliphatic heterocycles. The molecule has 0 radical (unpaired) electrons. The molecule has 2 saturated heterocycles. The van der Waals surface area contributed by atoms with Crippen LogP contribution in [0.15, 0.2) is 10.6 Å². The van der Waals surface area contributed by atoms with Crippen molar-refractivity contribution in [1.29, 1.82) is 0 Å². The number of rotatable bonds is 6. The maximum atomic E-state index is 13.2. The molecule has 32 heavy (non-hydrogen) atoms. The van der Waals surface area contributed by atoms with Gasteiger partial charge in [-0.1, -0.05) is 18.5 Å². The lowest BCUT2D eigenvalue weighted by Crippen LogP contribution is -2.53. The van der Waals surface area contributed by atoms with E-state index in [4.69, 9.17) is 4.52 Å². The van der Waals surface area contributed by atoms with Gasteiger partial charge in [0.15, 0.2) is 0 Å². The standard InChI is InChI=1S/C26H42N4O2/c1-19(2)28-13-15-29(16-14-28)22-6-4-5-21(22)17-25(31)30-11-9-26(3,10-12-30)24-18-23(32-27-24)20-7-8-20/h18-22H,4-17H2,1-3H3/t21?,22-/m0/s1. The number of amides is 1. The Balaban J connectivity index is 1.12. The number of hydrogen-bond donors (Lipinski definition) is 0. The first-order chi connectivity index (χ1) is 15.4. The first-order valence-corrected chi connectivity index (χ1v) is 13.2. The molecular weight excluding hydrogens is 400 g/mol. The van der Waals surface area contributed by atoms with Gasteiger partial charge in [0.05, 0.1) is 5.69 Å². The van der Waals surface area contributed by atoms with Crippen LogP contribution in [0.4, 0.5) is 0 Å². The lowest BCUT2D eigenvalue weighted by Gasteiger charge is -2.42. The van der Waals surface area contributed by atoms with Crippen LogP contribution >= 0.6 is 0 Å². The molecule has 4 aliphatic rings. The van der Waals surface area contributed by atoms with Crippen molar-refractivity contribution in [3.8, 4) is 0 Å². The minimum Gasteiger partial charge on any atom is -0.361 e. The van der Waals surface area contributed by atoms with Crippen LogP contribution in [0.3, 0.4) is 0 Å². The summed E-state index contributed by atoms with van der Waals surface area (Å²) in [5.41, 5.74) is 1.14. The van der Waals surface area contributed by atoms with Gasteiger partial charge in [-0.2, -0.15) is 0 Å². The Kier molecular flexibility index (Phi) is 6.36. The summed E-state index contributed by atoms with van der Waals surface area (Å²) < 4.78 is 5.62. The second kappa shape index (κ2) is 9.09. The summed E-state index contributed by atoms with van der Waals surface area (Å²) in [7, 11) is 0. The molecule has 3 heterocycles. The third kappa shape index (κ3) is 4.63. The predicted octanol–water partition coefficient (Wildman–Crippen LogP) is 4.02. The highest BCUT2D eigenvalue weighted by Crippen LogP contribution is 2.43. The zero-order valence-electron chi connectivity index (χ0n) is 20.4. The number of piperidine rings is 1. The number of carbonyl (C=O) groups is 1. The summed E-state index contributed by atoms with van der Waals surface area (Å²) in [5.74, 6) is 2.59. The van der Waals surface area contributed by atoms with Crippen LogP contribution in [0.25, 0.3) is 0 Å². The number of piperazine rings is 1. The smallest absolute Gasteiger partial charge is 0.222 e. The molecule has 5 rings (SSSR count). The molecule has 0 aromatic carbocycles. The normalized spacial score (nSPS) is 29.7. The minimum absolute atomic E-state index is 0.0411. The number of hydrogen-bond acceptors (Lipinski definition) is 5. The highest BCUT2D eigenvalue weighted by Gasteiger charge is 2.40. The van der Waals surface area contributed by atoms with Gasteiger partial charge in [0.2, 0.25) is 5.91 Å². The lowest BCUT2D eigenvalue weighted by molar-refractivity contribution is -0.134. The molecule has 1 unspecified atom stereocenters. The van der Waals surface area contributed by atoms with Gasteiger partial charge in [-0.15, -0.1) is 0 Å². The Bertz CT molecular complexity index is 786. The monoisotopic (exact) mass is 442 g/mol. The maximum Gasteiger partial charge on any atom is 0.222 e. The molecular formula is C26H42N4O2. The van der Waals surface area contributed by atoms with Gasteiger partial charge in [-0.25, -0.2) is 0 Å². The van der Waals surface area contributed by atoms with Crippen LogP contribution in [0.2, 0.25) is 0 Å². The van der Waals surface area contributed by atoms with Crippen molar-refractivity contribution < 1.29 is 9.32 Å². The number of nitrogens with zero attached hydrogens (tertiary/aromatic N) is 4. The van der Waals surface area contributed by atoms with E-state index in [1.165, 1.54) is 45.2 Å². The Hall–Kier alpha value is -1.40. The van der Waals surface area contributed by atoms with Crippen LogP contribution in [0, 0.1) is 5.92 Å². The fraction of sp³-hybridized carbons (Fsp3) is 0.846. The topological polar surface area (TPSA) is 52.8 Å². The fourth-order valence-corrected chi connectivity index (χ4v) is 6.31. The maximum absolute atomic E-state index is 13.2. The van der Waals surface area contributed by atoms with Crippen molar-refractivity contribution in [2.45, 2.75) is 95.6 Å². The molecule has 1 amide bonds. The van der Waals surface area contributed by atoms with E-state index in [2.05, 4.69) is 46.7 Å². The highest BCUT2D eigenvalue weighted by atomic mass is 16.5. The molecule has 2 atom stereocenters. The van der Waals surface area contributed by atoms with Crippen LogP contribution in [0.1, 0.15) is 89.5 Å². The molecule has 0 spiro atoms. The molecule has 1 aromatic rings. The van der Waals surface area contributed by atoms with Gasteiger partial charge in [0, 0.05) is 75.2 Å². The van der Waals surface area contributed by atoms with E-state index in [1.807, 2.05) is 0 Å². The third-order valence-corrected chi connectivity index (χ3v) is 8.95. The quantitative estimate of drug-likeness (QED) is 0.666. The van der Waals surface area contributed by atoms with E-state index in [1.54, 1.807) is 0 Å². The second-order valence-electron chi connectivity index (χ2n) is 11.5. The second-order valence-corrected chi connectivity index (χ2v) is 11.5. The van der Waals surface area contributed by atoms with Crippen LogP contribution in [-0.2, 0) is 10.2 Å². The van der Waals surface area contributed by atoms with Crippen molar-refractivity contribution in [2.24, 2.45) is 5.92 Å². The zero-order valence-corrected chi connectivity index (χ0v) is 20.4. The molecule has 2 saturated carbocycles. The van der Waals surface area contributed by atoms with Gasteiger partial charge >= 0.3 is 0 Å². The fourth-order valence-electron chi connectivity index (χ4n) is 6.31. The van der Waals surface area contributed by atoms with E-state index in [0.29, 0.717) is 29.8 Å². The predicted molar refractivity (Wildman–Crippen MR) is 126 cm³/mol. The van der Waals surface area contributed by atoms with E-state index in [-0.39, 0.29) is 5.41 Å². The number of carbonyl (C=O) groups excluding carboxylic acids is 1. The van der Waals surface area contributed by atoms with Crippen molar-refractivity contribution in [2.75, 3.05) is 39.3 Å². The van der Waals surface area contributed by atoms with E-state index < -0.39 is 0 Å². The Morgan fingerprint density at radius 2 is 1.81 bits per heavy atom. The highest BCUT2D eigenvalue weighted by molar-refractivity contribution is 5.76. The van der Waals surface area contributed by atoms with Crippen molar-refractivity contribution in [1.82, 2.24) is 19.9 Å². The average molecular weight is 443 g/mol. The van der Waals surface area contributed by atoms with Crippen molar-refractivity contribution >= 4 is 5.91 Å². The first kappa shape index (κ1) is 22.4. The third-order valence-electron chi connectivity index (χ3n) is 8.95. The Morgan fingerprint density at radius 3 is 2.47 bits per heavy atom. The van der Waals surface area contributed by atoms with Gasteiger partial charge < -0.3 is 9.42 Å². The Morgan fingerprint density at radius 1 is 1.09 bits per heavy atom. The van der Waals surface area contributed by atoms with Crippen molar-refractivity contribution in [3.05, 3.63) is 17.5 Å². The van der Waals surface area contributed by atoms with Gasteiger partial charge in [0.25, 0.3) is 0 Å². The summed E-state index contributed by atoms with van der Waals surface area (Å²) in [6.45, 7) is 13.3. The van der Waals surface area contributed by atoms with Crippen LogP contribution in [-0.4, -0.2) is 77.1 Å². The summed E-state index contributed by atoms with van der Waals surface area (Å²) in [6, 6.07) is 3.44. The molecule has 0 bridgehead atoms. The molecule has 0 N–H and O–H groups in total. The summed E-state index contributed by atoms with van der Waals surface area (Å²) in [5, 5.41) is 4.42. The first-order valence-electron chi connectivity index (χ1n) is 13.2. The molecule has 4 fully saturated rings. The number of likely N-dealkylation sites (tertiary alicyclic amines) is 1. The average Bonchev–Trinajstić information content (AvgIpc) is 3.32. The Labute approximate surface area is 193 Å². The molecule has 1 aromatic heterocycles. The molecule has 178 valence electrons. The lowest BCUT2D eigenvalue weighted by atomic mass is 9.77. The largest absolute Gasteiger partial charge is 0.361 e. The summed E-state index contributed by atoms with van der Waals surface area (Å²) in [6.07, 6.45) is 8.96. The minimum atomic E-state index is 0.0411. The summed E-state index contributed by atoms with van der Waals surface area (Å²) >= 11 is 0. The SMILES string of the molecule is CC(C)N1CCN([C@H]2CCCC2CC(=O)N2CCC(C)(c3cc(C4CC4)on3)CC2)CC1. The zero-order chi connectivity index (χ0) is 22.3. The van der Waals surface area contributed by atoms with E-state index in [0.717, 1.165) is 56.9 Å². The summed E-state index contributed by atoms with van der Waals surface area (Å²) in [4.78, 5) is 20.6. The van der Waals surface area contributed by atoms with Crippen LogP contribution < -0.4 is 0 Å². The van der Waals surface area contributed by atoms with E-state index >= 15 is 0 Å². The van der Waals surface area contributed by atoms with Crippen molar-refractivity contribution in [3.63, 3.8) is 0 Å². The number of aromatic nitrogens is 1. The van der Waals surface area contributed by atoms with Crippen LogP contribution in [0.5, 0.6) is 0 Å². The van der Waals surface area contributed by atoms with Gasteiger partial charge in [-0.3, -0.25) is 14.6 Å². The van der Waals surface area contributed by atoms with E-state index in [9.17, 15) is 4.79 Å². The van der Waals surface area contributed by atoms with Gasteiger partial charge in [0.1, 0.15) is 5.76 Å². The molecule has 6 heteroatoms. The molecule has 6 nitrogen and oxygen atoms in total.